The summed E-state index contributed by atoms with van der Waals surface area (Å²) in [6.45, 7) is -2.09. The maximum atomic E-state index is 12.8. The molecule has 0 fully saturated rings. The third kappa shape index (κ3) is 5.16. The standard InChI is InChI=1S/C10H8F6N2O/c11-6-1-5(2-7(12)9(6)13)18-8(19)3-17-4-10(14,15)16/h1-2,17H,3-4H2,(H,18,19). The fraction of sp³-hybridized carbons (Fsp3) is 0.300. The number of halogens is 6. The van der Waals surface area contributed by atoms with Crippen molar-refractivity contribution in [2.24, 2.45) is 0 Å². The van der Waals surface area contributed by atoms with E-state index < -0.39 is 48.3 Å². The highest BCUT2D eigenvalue weighted by atomic mass is 19.4. The number of nitrogens with one attached hydrogen (secondary N) is 2. The van der Waals surface area contributed by atoms with Gasteiger partial charge in [0.1, 0.15) is 0 Å². The summed E-state index contributed by atoms with van der Waals surface area (Å²) < 4.78 is 73.4. The molecule has 0 heterocycles. The van der Waals surface area contributed by atoms with Crippen molar-refractivity contribution in [2.75, 3.05) is 18.4 Å². The first-order valence-electron chi connectivity index (χ1n) is 4.91. The van der Waals surface area contributed by atoms with Crippen molar-refractivity contribution in [1.29, 1.82) is 0 Å². The zero-order chi connectivity index (χ0) is 14.6. The number of benzene rings is 1. The van der Waals surface area contributed by atoms with Crippen LogP contribution in [0, 0.1) is 17.5 Å². The average Bonchev–Trinajstić information content (AvgIpc) is 2.23. The highest BCUT2D eigenvalue weighted by Crippen LogP contribution is 2.17. The zero-order valence-electron chi connectivity index (χ0n) is 9.24. The molecule has 0 saturated heterocycles. The Bertz CT molecular complexity index is 451. The van der Waals surface area contributed by atoms with Gasteiger partial charge >= 0.3 is 6.18 Å². The lowest BCUT2D eigenvalue weighted by molar-refractivity contribution is -0.126. The smallest absolute Gasteiger partial charge is 0.325 e. The Labute approximate surface area is 103 Å². The summed E-state index contributed by atoms with van der Waals surface area (Å²) in [6, 6.07) is 1.03. The molecule has 0 saturated carbocycles. The van der Waals surface area contributed by atoms with Gasteiger partial charge < -0.3 is 10.6 Å². The number of hydrogen-bond donors (Lipinski definition) is 2. The van der Waals surface area contributed by atoms with E-state index in [2.05, 4.69) is 0 Å². The van der Waals surface area contributed by atoms with E-state index in [1.807, 2.05) is 5.32 Å². The maximum Gasteiger partial charge on any atom is 0.401 e. The first-order chi connectivity index (χ1) is 8.69. The van der Waals surface area contributed by atoms with Crippen LogP contribution < -0.4 is 10.6 Å². The zero-order valence-corrected chi connectivity index (χ0v) is 9.24. The Hall–Kier alpha value is -1.77. The lowest BCUT2D eigenvalue weighted by atomic mass is 10.3. The number of amides is 1. The van der Waals surface area contributed by atoms with Crippen LogP contribution in [0.25, 0.3) is 0 Å². The molecule has 0 bridgehead atoms. The van der Waals surface area contributed by atoms with Gasteiger partial charge in [0, 0.05) is 17.8 Å². The van der Waals surface area contributed by atoms with E-state index in [9.17, 15) is 31.1 Å². The molecule has 0 radical (unpaired) electrons. The molecule has 2 N–H and O–H groups in total. The minimum atomic E-state index is -4.48. The van der Waals surface area contributed by atoms with Gasteiger partial charge in [-0.05, 0) is 0 Å². The largest absolute Gasteiger partial charge is 0.401 e. The van der Waals surface area contributed by atoms with Crippen LogP contribution in [0.5, 0.6) is 0 Å². The Kier molecular flexibility index (Phi) is 4.76. The third-order valence-electron chi connectivity index (χ3n) is 1.88. The van der Waals surface area contributed by atoms with Crippen molar-refractivity contribution in [2.45, 2.75) is 6.18 Å². The van der Waals surface area contributed by atoms with Crippen LogP contribution in [0.4, 0.5) is 32.0 Å². The van der Waals surface area contributed by atoms with E-state index in [0.29, 0.717) is 12.1 Å². The fourth-order valence-electron chi connectivity index (χ4n) is 1.15. The van der Waals surface area contributed by atoms with Gasteiger partial charge in [0.25, 0.3) is 0 Å². The third-order valence-corrected chi connectivity index (χ3v) is 1.88. The number of rotatable bonds is 4. The topological polar surface area (TPSA) is 41.1 Å². The van der Waals surface area contributed by atoms with Gasteiger partial charge in [0.2, 0.25) is 5.91 Å². The Balaban J connectivity index is 2.53. The lowest BCUT2D eigenvalue weighted by Crippen LogP contribution is -2.35. The molecule has 1 rings (SSSR count). The van der Waals surface area contributed by atoms with E-state index in [-0.39, 0.29) is 0 Å². The van der Waals surface area contributed by atoms with Crippen LogP contribution in [-0.4, -0.2) is 25.2 Å². The average molecular weight is 286 g/mol. The maximum absolute atomic E-state index is 12.8. The number of carbonyl (C=O) groups is 1. The minimum absolute atomic E-state index is 0.393. The van der Waals surface area contributed by atoms with Crippen LogP contribution in [0.1, 0.15) is 0 Å². The molecule has 0 aromatic heterocycles. The second-order valence-electron chi connectivity index (χ2n) is 3.52. The van der Waals surface area contributed by atoms with Gasteiger partial charge in [-0.1, -0.05) is 0 Å². The highest BCUT2D eigenvalue weighted by molar-refractivity contribution is 5.92. The summed E-state index contributed by atoms with van der Waals surface area (Å²) in [7, 11) is 0. The van der Waals surface area contributed by atoms with Crippen molar-refractivity contribution in [1.82, 2.24) is 5.32 Å². The predicted molar refractivity (Wildman–Crippen MR) is 53.9 cm³/mol. The molecular weight excluding hydrogens is 278 g/mol. The molecule has 0 unspecified atom stereocenters. The van der Waals surface area contributed by atoms with Crippen LogP contribution >= 0.6 is 0 Å². The van der Waals surface area contributed by atoms with Crippen LogP contribution in [0.3, 0.4) is 0 Å². The molecule has 0 atom stereocenters. The van der Waals surface area contributed by atoms with E-state index in [1.54, 1.807) is 5.32 Å². The Morgan fingerprint density at radius 3 is 2.11 bits per heavy atom. The van der Waals surface area contributed by atoms with Gasteiger partial charge in [-0.15, -0.1) is 0 Å². The fourth-order valence-corrected chi connectivity index (χ4v) is 1.15. The Morgan fingerprint density at radius 1 is 1.11 bits per heavy atom. The van der Waals surface area contributed by atoms with Crippen molar-refractivity contribution in [3.8, 4) is 0 Å². The van der Waals surface area contributed by atoms with Crippen LogP contribution in [-0.2, 0) is 4.79 Å². The number of alkyl halides is 3. The lowest BCUT2D eigenvalue weighted by Gasteiger charge is -2.09. The summed E-state index contributed by atoms with van der Waals surface area (Å²) in [6.07, 6.45) is -4.48. The van der Waals surface area contributed by atoms with E-state index in [1.165, 1.54) is 0 Å². The summed E-state index contributed by atoms with van der Waals surface area (Å²) in [5.41, 5.74) is -0.393. The molecule has 0 spiro atoms. The van der Waals surface area contributed by atoms with Crippen molar-refractivity contribution < 1.29 is 31.1 Å². The number of carbonyl (C=O) groups excluding carboxylic acids is 1. The van der Waals surface area contributed by atoms with Gasteiger partial charge in [0.15, 0.2) is 17.5 Å². The van der Waals surface area contributed by atoms with Crippen molar-refractivity contribution >= 4 is 11.6 Å². The van der Waals surface area contributed by atoms with E-state index >= 15 is 0 Å². The highest BCUT2D eigenvalue weighted by Gasteiger charge is 2.26. The summed E-state index contributed by atoms with van der Waals surface area (Å²) in [5, 5.41) is 3.71. The van der Waals surface area contributed by atoms with Crippen molar-refractivity contribution in [3.63, 3.8) is 0 Å². The van der Waals surface area contributed by atoms with Gasteiger partial charge in [-0.2, -0.15) is 13.2 Å². The molecule has 19 heavy (non-hydrogen) atoms. The first-order valence-corrected chi connectivity index (χ1v) is 4.91. The molecule has 1 aromatic carbocycles. The molecule has 1 aromatic rings. The summed E-state index contributed by atoms with van der Waals surface area (Å²) in [5.74, 6) is -5.68. The molecule has 0 aliphatic heterocycles. The monoisotopic (exact) mass is 286 g/mol. The number of hydrogen-bond acceptors (Lipinski definition) is 2. The van der Waals surface area contributed by atoms with Gasteiger partial charge in [-0.3, -0.25) is 4.79 Å². The Morgan fingerprint density at radius 2 is 1.63 bits per heavy atom. The first kappa shape index (κ1) is 15.3. The normalized spacial score (nSPS) is 11.5. The second-order valence-corrected chi connectivity index (χ2v) is 3.52. The second kappa shape index (κ2) is 5.91. The predicted octanol–water partition coefficient (Wildman–Crippen LogP) is 2.19. The van der Waals surface area contributed by atoms with Crippen LogP contribution in [0.2, 0.25) is 0 Å². The number of anilines is 1. The molecule has 1 amide bonds. The summed E-state index contributed by atoms with van der Waals surface area (Å²) in [4.78, 5) is 11.1. The van der Waals surface area contributed by atoms with E-state index in [0.717, 1.165) is 0 Å². The molecular formula is C10H8F6N2O. The quantitative estimate of drug-likeness (QED) is 0.658. The molecule has 3 nitrogen and oxygen atoms in total. The molecule has 106 valence electrons. The molecule has 9 heteroatoms. The SMILES string of the molecule is O=C(CNCC(F)(F)F)Nc1cc(F)c(F)c(F)c1. The van der Waals surface area contributed by atoms with Crippen molar-refractivity contribution in [3.05, 3.63) is 29.6 Å². The molecule has 0 aliphatic carbocycles. The minimum Gasteiger partial charge on any atom is -0.325 e. The van der Waals surface area contributed by atoms with E-state index in [4.69, 9.17) is 0 Å². The van der Waals surface area contributed by atoms with Gasteiger partial charge in [-0.25, -0.2) is 13.2 Å². The molecule has 0 aliphatic rings. The van der Waals surface area contributed by atoms with Gasteiger partial charge in [0.05, 0.1) is 13.1 Å². The van der Waals surface area contributed by atoms with Crippen LogP contribution in [0.15, 0.2) is 12.1 Å². The summed E-state index contributed by atoms with van der Waals surface area (Å²) >= 11 is 0.